The molecule has 0 aliphatic rings. The molecule has 7 heteroatoms. The highest BCUT2D eigenvalue weighted by Crippen LogP contribution is 1.90. The zero-order chi connectivity index (χ0) is 11.7. The fourth-order valence-corrected chi connectivity index (χ4v) is 1.17. The van der Waals surface area contributed by atoms with Crippen LogP contribution in [0.25, 0.3) is 0 Å². The zero-order valence-electron chi connectivity index (χ0n) is 9.35. The van der Waals surface area contributed by atoms with Gasteiger partial charge >= 0.3 is 0 Å². The monoisotopic (exact) mass is 219 g/mol. The largest absolute Gasteiger partial charge is 0.369 e. The van der Waals surface area contributed by atoms with Crippen molar-refractivity contribution in [2.24, 2.45) is 10.7 Å². The van der Waals surface area contributed by atoms with Gasteiger partial charge in [0.2, 0.25) is 5.96 Å². The second-order valence-corrected chi connectivity index (χ2v) is 3.05. The first-order chi connectivity index (χ1) is 7.10. The third-order valence-corrected chi connectivity index (χ3v) is 2.02. The van der Waals surface area contributed by atoms with Crippen molar-refractivity contribution in [3.05, 3.63) is 0 Å². The predicted molar refractivity (Wildman–Crippen MR) is 57.4 cm³/mol. The standard InChI is InChI=1S/C8H21N5O2/c1-3-12(4-2)7-5-6-10-8(9)11-13(14)15/h14-15H,3-7H2,1-2H3,(H3,9,10,11). The molecule has 0 rings (SSSR count). The van der Waals surface area contributed by atoms with Gasteiger partial charge in [-0.05, 0) is 26.1 Å². The number of guanidine groups is 1. The van der Waals surface area contributed by atoms with E-state index in [4.69, 9.17) is 16.1 Å². The van der Waals surface area contributed by atoms with Crippen LogP contribution in [0.4, 0.5) is 0 Å². The summed E-state index contributed by atoms with van der Waals surface area (Å²) in [5, 5.41) is 16.5. The van der Waals surface area contributed by atoms with Gasteiger partial charge in [-0.15, -0.1) is 0 Å². The van der Waals surface area contributed by atoms with E-state index in [0.29, 0.717) is 6.54 Å². The van der Waals surface area contributed by atoms with Crippen molar-refractivity contribution < 1.29 is 10.4 Å². The maximum Gasteiger partial charge on any atom is 0.207 e. The molecule has 7 nitrogen and oxygen atoms in total. The summed E-state index contributed by atoms with van der Waals surface area (Å²) in [7, 11) is 0. The minimum Gasteiger partial charge on any atom is -0.369 e. The normalized spacial score (nSPS) is 12.5. The number of nitrogens with two attached hydrogens (primary N) is 1. The molecule has 0 unspecified atom stereocenters. The van der Waals surface area contributed by atoms with Crippen LogP contribution in [0.5, 0.6) is 0 Å². The van der Waals surface area contributed by atoms with E-state index < -0.39 is 0 Å². The molecule has 0 saturated carbocycles. The van der Waals surface area contributed by atoms with Crippen molar-refractivity contribution in [2.45, 2.75) is 20.3 Å². The number of hydrogen-bond donors (Lipinski definition) is 4. The Balaban J connectivity index is 3.59. The lowest BCUT2D eigenvalue weighted by atomic mass is 10.4. The van der Waals surface area contributed by atoms with Gasteiger partial charge in [0.15, 0.2) is 0 Å². The van der Waals surface area contributed by atoms with Gasteiger partial charge in [-0.3, -0.25) is 15.4 Å². The predicted octanol–water partition coefficient (Wildman–Crippen LogP) is -0.382. The fourth-order valence-electron chi connectivity index (χ4n) is 1.17. The molecule has 0 fully saturated rings. The molecule has 0 heterocycles. The molecule has 15 heavy (non-hydrogen) atoms. The number of aliphatic imine (C=N–C) groups is 1. The lowest BCUT2D eigenvalue weighted by Gasteiger charge is -2.16. The second kappa shape index (κ2) is 8.42. The number of hydrogen-bond acceptors (Lipinski definition) is 5. The minimum absolute atomic E-state index is 0.0143. The molecule has 0 aromatic heterocycles. The Labute approximate surface area is 90.1 Å². The first-order valence-corrected chi connectivity index (χ1v) is 5.07. The summed E-state index contributed by atoms with van der Waals surface area (Å²) in [5.74, 6) is -0.0143. The molecule has 0 bridgehead atoms. The number of nitrogens with zero attached hydrogens (tertiary/aromatic N) is 3. The summed E-state index contributed by atoms with van der Waals surface area (Å²) in [5.41, 5.74) is 7.34. The smallest absolute Gasteiger partial charge is 0.207 e. The van der Waals surface area contributed by atoms with Gasteiger partial charge in [0, 0.05) is 11.9 Å². The average Bonchev–Trinajstić information content (AvgIpc) is 2.17. The molecular weight excluding hydrogens is 198 g/mol. The summed E-state index contributed by atoms with van der Waals surface area (Å²) >= 11 is 0. The second-order valence-electron chi connectivity index (χ2n) is 3.05. The molecule has 0 aromatic rings. The summed E-state index contributed by atoms with van der Waals surface area (Å²) in [6, 6.07) is 0. The molecule has 0 spiro atoms. The number of hydrazine groups is 1. The van der Waals surface area contributed by atoms with Crippen molar-refractivity contribution >= 4 is 5.96 Å². The maximum absolute atomic E-state index is 8.35. The Bertz CT molecular complexity index is 182. The molecule has 0 atom stereocenters. The first kappa shape index (κ1) is 14.1. The Morgan fingerprint density at radius 1 is 1.33 bits per heavy atom. The van der Waals surface area contributed by atoms with Gasteiger partial charge in [-0.25, -0.2) is 5.43 Å². The van der Waals surface area contributed by atoms with Crippen LogP contribution in [0.3, 0.4) is 0 Å². The summed E-state index contributed by atoms with van der Waals surface area (Å²) < 4.78 is 0. The highest BCUT2D eigenvalue weighted by atomic mass is 16.8. The van der Waals surface area contributed by atoms with Crippen LogP contribution in [0.15, 0.2) is 4.99 Å². The van der Waals surface area contributed by atoms with Crippen molar-refractivity contribution in [3.63, 3.8) is 0 Å². The van der Waals surface area contributed by atoms with E-state index in [-0.39, 0.29) is 11.3 Å². The lowest BCUT2D eigenvalue weighted by Crippen LogP contribution is -2.42. The molecule has 0 aliphatic carbocycles. The van der Waals surface area contributed by atoms with E-state index in [2.05, 4.69) is 23.7 Å². The third kappa shape index (κ3) is 8.13. The van der Waals surface area contributed by atoms with E-state index >= 15 is 0 Å². The van der Waals surface area contributed by atoms with E-state index in [1.165, 1.54) is 0 Å². The minimum atomic E-state index is -0.219. The molecule has 0 saturated heterocycles. The van der Waals surface area contributed by atoms with Crippen LogP contribution in [0.2, 0.25) is 0 Å². The summed E-state index contributed by atoms with van der Waals surface area (Å²) in [6.45, 7) is 7.79. The summed E-state index contributed by atoms with van der Waals surface area (Å²) in [6.07, 6.45) is 0.890. The number of rotatable bonds is 7. The third-order valence-electron chi connectivity index (χ3n) is 2.02. The van der Waals surface area contributed by atoms with Crippen molar-refractivity contribution in [1.29, 1.82) is 0 Å². The van der Waals surface area contributed by atoms with Gasteiger partial charge in [0.1, 0.15) is 0 Å². The van der Waals surface area contributed by atoms with Crippen LogP contribution in [-0.2, 0) is 0 Å². The highest BCUT2D eigenvalue weighted by molar-refractivity contribution is 5.76. The van der Waals surface area contributed by atoms with E-state index in [1.807, 2.05) is 5.43 Å². The van der Waals surface area contributed by atoms with E-state index in [1.54, 1.807) is 0 Å². The van der Waals surface area contributed by atoms with Crippen molar-refractivity contribution in [1.82, 2.24) is 15.7 Å². The molecule has 5 N–H and O–H groups in total. The SMILES string of the molecule is CCN(CC)CCCN=C(N)NN(O)O. The maximum atomic E-state index is 8.35. The van der Waals surface area contributed by atoms with Crippen LogP contribution in [-0.4, -0.2) is 52.8 Å². The molecule has 0 radical (unpaired) electrons. The van der Waals surface area contributed by atoms with Crippen LogP contribution < -0.4 is 11.2 Å². The van der Waals surface area contributed by atoms with Crippen molar-refractivity contribution in [2.75, 3.05) is 26.2 Å². The Morgan fingerprint density at radius 3 is 2.40 bits per heavy atom. The van der Waals surface area contributed by atoms with Crippen LogP contribution in [0.1, 0.15) is 20.3 Å². The van der Waals surface area contributed by atoms with Gasteiger partial charge in [0.25, 0.3) is 0 Å². The highest BCUT2D eigenvalue weighted by Gasteiger charge is 1.98. The average molecular weight is 219 g/mol. The summed E-state index contributed by atoms with van der Waals surface area (Å²) in [4.78, 5) is 6.18. The van der Waals surface area contributed by atoms with Gasteiger partial charge in [-0.2, -0.15) is 0 Å². The van der Waals surface area contributed by atoms with E-state index in [9.17, 15) is 0 Å². The lowest BCUT2D eigenvalue weighted by molar-refractivity contribution is -0.329. The Hall–Kier alpha value is -0.890. The molecule has 90 valence electrons. The Kier molecular flexibility index (Phi) is 7.92. The topological polar surface area (TPSA) is 97.4 Å². The van der Waals surface area contributed by atoms with Gasteiger partial charge in [0.05, 0.1) is 0 Å². The van der Waals surface area contributed by atoms with Gasteiger partial charge < -0.3 is 10.6 Å². The van der Waals surface area contributed by atoms with Crippen LogP contribution in [0, 0.1) is 0 Å². The number of nitrogens with one attached hydrogen (secondary N) is 1. The first-order valence-electron chi connectivity index (χ1n) is 5.07. The molecule has 0 aromatic carbocycles. The van der Waals surface area contributed by atoms with Crippen LogP contribution >= 0.6 is 0 Å². The Morgan fingerprint density at radius 2 is 1.93 bits per heavy atom. The molecule has 0 amide bonds. The molecule has 0 aliphatic heterocycles. The molecular formula is C8H21N5O2. The quantitative estimate of drug-likeness (QED) is 0.202. The zero-order valence-corrected chi connectivity index (χ0v) is 9.35. The van der Waals surface area contributed by atoms with E-state index in [0.717, 1.165) is 26.1 Å². The van der Waals surface area contributed by atoms with Gasteiger partial charge in [-0.1, -0.05) is 13.8 Å². The van der Waals surface area contributed by atoms with Crippen molar-refractivity contribution in [3.8, 4) is 0 Å². The fraction of sp³-hybridized carbons (Fsp3) is 0.875.